The first-order valence-corrected chi connectivity index (χ1v) is 8.65. The minimum absolute atomic E-state index is 0.630. The van der Waals surface area contributed by atoms with Crippen molar-refractivity contribution in [1.82, 2.24) is 15.1 Å². The Morgan fingerprint density at radius 2 is 1.83 bits per heavy atom. The summed E-state index contributed by atoms with van der Waals surface area (Å²) in [5, 5.41) is 3.57. The lowest BCUT2D eigenvalue weighted by atomic mass is 10.1. The smallest absolute Gasteiger partial charge is 0.0110 e. The topological polar surface area (TPSA) is 18.5 Å². The molecule has 0 spiro atoms. The molecule has 0 bridgehead atoms. The van der Waals surface area contributed by atoms with Gasteiger partial charge in [0.25, 0.3) is 0 Å². The van der Waals surface area contributed by atoms with E-state index in [4.69, 9.17) is 0 Å². The summed E-state index contributed by atoms with van der Waals surface area (Å²) in [6, 6.07) is 0.630. The van der Waals surface area contributed by atoms with Crippen molar-refractivity contribution in [3.8, 4) is 0 Å². The molecule has 106 valence electrons. The molecule has 0 aliphatic carbocycles. The lowest BCUT2D eigenvalue weighted by molar-refractivity contribution is 0.235. The van der Waals surface area contributed by atoms with Crippen molar-refractivity contribution >= 4 is 11.8 Å². The largest absolute Gasteiger partial charge is 0.314 e. The standard InChI is InChI=1S/C14H29N3S/c1-13(2)15-11-14-3-4-17(12-14)6-5-16-7-9-18-10-8-16/h13-15H,3-12H2,1-2H3. The number of hydrogen-bond donors (Lipinski definition) is 1. The molecule has 0 radical (unpaired) electrons. The fourth-order valence-corrected chi connectivity index (χ4v) is 3.77. The molecule has 4 heteroatoms. The number of rotatable bonds is 6. The van der Waals surface area contributed by atoms with Crippen LogP contribution in [0.4, 0.5) is 0 Å². The van der Waals surface area contributed by atoms with Gasteiger partial charge in [-0.25, -0.2) is 0 Å². The Morgan fingerprint density at radius 1 is 1.11 bits per heavy atom. The van der Waals surface area contributed by atoms with Gasteiger partial charge in [0.15, 0.2) is 0 Å². The molecule has 0 aromatic heterocycles. The van der Waals surface area contributed by atoms with Crippen LogP contribution < -0.4 is 5.32 Å². The van der Waals surface area contributed by atoms with Crippen LogP contribution in [0.3, 0.4) is 0 Å². The van der Waals surface area contributed by atoms with Crippen LogP contribution >= 0.6 is 11.8 Å². The maximum absolute atomic E-state index is 3.57. The molecule has 0 amide bonds. The lowest BCUT2D eigenvalue weighted by Gasteiger charge is -2.28. The van der Waals surface area contributed by atoms with E-state index in [9.17, 15) is 0 Å². The number of nitrogens with one attached hydrogen (secondary N) is 1. The number of thioether (sulfide) groups is 1. The lowest BCUT2D eigenvalue weighted by Crippen LogP contribution is -2.39. The molecule has 1 N–H and O–H groups in total. The van der Waals surface area contributed by atoms with Crippen LogP contribution in [0, 0.1) is 5.92 Å². The maximum atomic E-state index is 3.57. The molecule has 1 unspecified atom stereocenters. The van der Waals surface area contributed by atoms with Crippen molar-refractivity contribution in [2.75, 3.05) is 57.3 Å². The summed E-state index contributed by atoms with van der Waals surface area (Å²) in [4.78, 5) is 5.30. The first-order valence-electron chi connectivity index (χ1n) is 7.50. The zero-order valence-corrected chi connectivity index (χ0v) is 12.8. The highest BCUT2D eigenvalue weighted by molar-refractivity contribution is 7.99. The predicted octanol–water partition coefficient (Wildman–Crippen LogP) is 1.36. The SMILES string of the molecule is CC(C)NCC1CCN(CCN2CCSCC2)C1. The van der Waals surface area contributed by atoms with Crippen LogP contribution in [0.25, 0.3) is 0 Å². The monoisotopic (exact) mass is 271 g/mol. The van der Waals surface area contributed by atoms with Crippen LogP contribution in [-0.4, -0.2) is 73.2 Å². The quantitative estimate of drug-likeness (QED) is 0.786. The van der Waals surface area contributed by atoms with Crippen LogP contribution in [0.15, 0.2) is 0 Å². The summed E-state index contributed by atoms with van der Waals surface area (Å²) < 4.78 is 0. The van der Waals surface area contributed by atoms with E-state index in [1.165, 1.54) is 63.7 Å². The molecule has 2 aliphatic heterocycles. The second-order valence-corrected chi connectivity index (χ2v) is 7.20. The van der Waals surface area contributed by atoms with Crippen molar-refractivity contribution in [1.29, 1.82) is 0 Å². The van der Waals surface area contributed by atoms with E-state index in [-0.39, 0.29) is 0 Å². The second-order valence-electron chi connectivity index (χ2n) is 5.97. The van der Waals surface area contributed by atoms with Crippen molar-refractivity contribution in [3.05, 3.63) is 0 Å². The van der Waals surface area contributed by atoms with Gasteiger partial charge in [-0.2, -0.15) is 11.8 Å². The van der Waals surface area contributed by atoms with Crippen LogP contribution in [0.1, 0.15) is 20.3 Å². The van der Waals surface area contributed by atoms with Crippen LogP contribution in [0.5, 0.6) is 0 Å². The molecular formula is C14H29N3S. The Labute approximate surface area is 117 Å². The molecule has 0 saturated carbocycles. The third-order valence-corrected chi connectivity index (χ3v) is 4.96. The molecule has 2 heterocycles. The van der Waals surface area contributed by atoms with E-state index < -0.39 is 0 Å². The third-order valence-electron chi connectivity index (χ3n) is 4.02. The van der Waals surface area contributed by atoms with E-state index in [0.29, 0.717) is 6.04 Å². The molecule has 0 aromatic carbocycles. The first kappa shape index (κ1) is 14.6. The summed E-state index contributed by atoms with van der Waals surface area (Å²) in [5.41, 5.74) is 0. The molecule has 2 saturated heterocycles. The molecular weight excluding hydrogens is 242 g/mol. The van der Waals surface area contributed by atoms with E-state index in [0.717, 1.165) is 5.92 Å². The van der Waals surface area contributed by atoms with Crippen LogP contribution in [0.2, 0.25) is 0 Å². The third kappa shape index (κ3) is 5.08. The highest BCUT2D eigenvalue weighted by Crippen LogP contribution is 2.16. The van der Waals surface area contributed by atoms with Crippen LogP contribution in [-0.2, 0) is 0 Å². The first-order chi connectivity index (χ1) is 8.74. The normalized spacial score (nSPS) is 27.2. The van der Waals surface area contributed by atoms with Gasteiger partial charge >= 0.3 is 0 Å². The number of hydrogen-bond acceptors (Lipinski definition) is 4. The van der Waals surface area contributed by atoms with Crippen molar-refractivity contribution < 1.29 is 0 Å². The van der Waals surface area contributed by atoms with Gasteiger partial charge in [-0.1, -0.05) is 13.8 Å². The molecule has 18 heavy (non-hydrogen) atoms. The van der Waals surface area contributed by atoms with E-state index in [1.54, 1.807) is 0 Å². The number of nitrogens with zero attached hydrogens (tertiary/aromatic N) is 2. The average molecular weight is 271 g/mol. The van der Waals surface area contributed by atoms with Crippen molar-refractivity contribution in [2.45, 2.75) is 26.3 Å². The Kier molecular flexibility index (Phi) is 6.29. The van der Waals surface area contributed by atoms with E-state index in [1.807, 2.05) is 0 Å². The molecule has 3 nitrogen and oxygen atoms in total. The molecule has 0 aromatic rings. The van der Waals surface area contributed by atoms with Crippen molar-refractivity contribution in [3.63, 3.8) is 0 Å². The number of likely N-dealkylation sites (tertiary alicyclic amines) is 1. The highest BCUT2D eigenvalue weighted by Gasteiger charge is 2.22. The Morgan fingerprint density at radius 3 is 2.56 bits per heavy atom. The van der Waals surface area contributed by atoms with Gasteiger partial charge in [0.2, 0.25) is 0 Å². The summed E-state index contributed by atoms with van der Waals surface area (Å²) >= 11 is 2.10. The van der Waals surface area contributed by atoms with E-state index in [2.05, 4.69) is 40.7 Å². The van der Waals surface area contributed by atoms with Gasteiger partial charge < -0.3 is 15.1 Å². The minimum atomic E-state index is 0.630. The van der Waals surface area contributed by atoms with Gasteiger partial charge in [0.1, 0.15) is 0 Å². The summed E-state index contributed by atoms with van der Waals surface area (Å²) in [6.45, 7) is 13.5. The van der Waals surface area contributed by atoms with Gasteiger partial charge in [0.05, 0.1) is 0 Å². The summed E-state index contributed by atoms with van der Waals surface area (Å²) in [5.74, 6) is 3.55. The zero-order chi connectivity index (χ0) is 12.8. The second kappa shape index (κ2) is 7.73. The fraction of sp³-hybridized carbons (Fsp3) is 1.00. The minimum Gasteiger partial charge on any atom is -0.314 e. The maximum Gasteiger partial charge on any atom is 0.0110 e. The molecule has 2 rings (SSSR count). The van der Waals surface area contributed by atoms with Gasteiger partial charge in [-0.05, 0) is 25.4 Å². The zero-order valence-electron chi connectivity index (χ0n) is 12.0. The molecule has 1 atom stereocenters. The average Bonchev–Trinajstić information content (AvgIpc) is 2.83. The van der Waals surface area contributed by atoms with Gasteiger partial charge in [-0.3, -0.25) is 0 Å². The highest BCUT2D eigenvalue weighted by atomic mass is 32.2. The summed E-state index contributed by atoms with van der Waals surface area (Å²) in [7, 11) is 0. The Balaban J connectivity index is 1.57. The predicted molar refractivity (Wildman–Crippen MR) is 81.5 cm³/mol. The van der Waals surface area contributed by atoms with E-state index >= 15 is 0 Å². The van der Waals surface area contributed by atoms with Crippen molar-refractivity contribution in [2.24, 2.45) is 5.92 Å². The summed E-state index contributed by atoms with van der Waals surface area (Å²) in [6.07, 6.45) is 1.38. The molecule has 2 aliphatic rings. The van der Waals surface area contributed by atoms with Gasteiger partial charge in [0, 0.05) is 50.3 Å². The van der Waals surface area contributed by atoms with Gasteiger partial charge in [-0.15, -0.1) is 0 Å². The molecule has 2 fully saturated rings. The fourth-order valence-electron chi connectivity index (χ4n) is 2.79. The Bertz CT molecular complexity index is 229. The Hall–Kier alpha value is 0.230.